The highest BCUT2D eigenvalue weighted by Crippen LogP contribution is 2.42. The van der Waals surface area contributed by atoms with Crippen molar-refractivity contribution < 1.29 is 4.79 Å². The van der Waals surface area contributed by atoms with Gasteiger partial charge in [0.15, 0.2) is 0 Å². The lowest BCUT2D eigenvalue weighted by Crippen LogP contribution is -2.21. The van der Waals surface area contributed by atoms with Crippen molar-refractivity contribution >= 4 is 23.0 Å². The first-order valence-electron chi connectivity index (χ1n) is 6.14. The monoisotopic (exact) mass is 248 g/mol. The van der Waals surface area contributed by atoms with Crippen molar-refractivity contribution in [2.75, 3.05) is 0 Å². The van der Waals surface area contributed by atoms with Gasteiger partial charge in [0, 0.05) is 16.0 Å². The molecule has 0 radical (unpaired) electrons. The smallest absolute Gasteiger partial charge is 0.267 e. The van der Waals surface area contributed by atoms with Crippen molar-refractivity contribution in [3.8, 4) is 0 Å². The molecule has 0 saturated heterocycles. The van der Waals surface area contributed by atoms with E-state index in [4.69, 9.17) is 0 Å². The Hall–Kier alpha value is -1.16. The van der Waals surface area contributed by atoms with Crippen LogP contribution in [0.3, 0.4) is 0 Å². The summed E-state index contributed by atoms with van der Waals surface area (Å²) in [5.41, 5.74) is 4.63. The van der Waals surface area contributed by atoms with Crippen LogP contribution in [0.25, 0.3) is 0 Å². The molecule has 1 amide bonds. The second-order valence-corrected chi connectivity index (χ2v) is 6.19. The first kappa shape index (κ1) is 11.0. The second kappa shape index (κ2) is 4.26. The number of fused-ring (bicyclic) bond motifs is 2. The van der Waals surface area contributed by atoms with Crippen LogP contribution in [-0.4, -0.2) is 11.6 Å². The molecule has 2 atom stereocenters. The minimum Gasteiger partial charge on any atom is -0.267 e. The fourth-order valence-corrected chi connectivity index (χ4v) is 3.59. The number of hydrazone groups is 1. The SMILES string of the molecule is Cc1cc(C(=O)N/N=C2\C[C@@H]3CC[C@H]2C3)cs1. The number of thiophene rings is 1. The molecule has 3 rings (SSSR count). The van der Waals surface area contributed by atoms with Crippen LogP contribution >= 0.6 is 11.3 Å². The van der Waals surface area contributed by atoms with Gasteiger partial charge in [-0.3, -0.25) is 4.79 Å². The van der Waals surface area contributed by atoms with Crippen molar-refractivity contribution in [2.24, 2.45) is 16.9 Å². The van der Waals surface area contributed by atoms with E-state index in [0.717, 1.165) is 22.8 Å². The highest BCUT2D eigenvalue weighted by Gasteiger charge is 2.36. The van der Waals surface area contributed by atoms with Gasteiger partial charge >= 0.3 is 0 Å². The van der Waals surface area contributed by atoms with Gasteiger partial charge in [-0.15, -0.1) is 11.3 Å². The van der Waals surface area contributed by atoms with Crippen molar-refractivity contribution in [2.45, 2.75) is 32.6 Å². The molecule has 2 aliphatic rings. The molecule has 1 N–H and O–H groups in total. The molecule has 1 aromatic heterocycles. The molecule has 1 aromatic rings. The van der Waals surface area contributed by atoms with Crippen LogP contribution in [0, 0.1) is 18.8 Å². The summed E-state index contributed by atoms with van der Waals surface area (Å²) < 4.78 is 0. The highest BCUT2D eigenvalue weighted by atomic mass is 32.1. The van der Waals surface area contributed by atoms with E-state index in [1.807, 2.05) is 18.4 Å². The number of amides is 1. The maximum atomic E-state index is 11.8. The van der Waals surface area contributed by atoms with Crippen molar-refractivity contribution in [3.63, 3.8) is 0 Å². The molecular formula is C13H16N2OS. The fraction of sp³-hybridized carbons (Fsp3) is 0.538. The van der Waals surface area contributed by atoms with E-state index in [1.54, 1.807) is 11.3 Å². The average molecular weight is 248 g/mol. The molecule has 0 spiro atoms. The molecular weight excluding hydrogens is 232 g/mol. The number of nitrogens with zero attached hydrogens (tertiary/aromatic N) is 1. The second-order valence-electron chi connectivity index (χ2n) is 5.07. The Morgan fingerprint density at radius 3 is 3.00 bits per heavy atom. The maximum Gasteiger partial charge on any atom is 0.272 e. The molecule has 0 unspecified atom stereocenters. The molecule has 17 heavy (non-hydrogen) atoms. The molecule has 0 aromatic carbocycles. The van der Waals surface area contributed by atoms with Gasteiger partial charge in [0.05, 0.1) is 5.56 Å². The minimum absolute atomic E-state index is 0.0791. The normalized spacial score (nSPS) is 28.9. The van der Waals surface area contributed by atoms with Crippen LogP contribution in [-0.2, 0) is 0 Å². The van der Waals surface area contributed by atoms with Gasteiger partial charge in [-0.1, -0.05) is 0 Å². The van der Waals surface area contributed by atoms with Crippen molar-refractivity contribution in [3.05, 3.63) is 21.9 Å². The van der Waals surface area contributed by atoms with Crippen LogP contribution in [0.5, 0.6) is 0 Å². The van der Waals surface area contributed by atoms with E-state index >= 15 is 0 Å². The summed E-state index contributed by atoms with van der Waals surface area (Å²) in [4.78, 5) is 13.0. The number of carbonyl (C=O) groups excluding carboxylic acids is 1. The number of aryl methyl sites for hydroxylation is 1. The minimum atomic E-state index is -0.0791. The van der Waals surface area contributed by atoms with Crippen LogP contribution in [0.4, 0.5) is 0 Å². The molecule has 0 aliphatic heterocycles. The van der Waals surface area contributed by atoms with Crippen LogP contribution in [0.15, 0.2) is 16.5 Å². The van der Waals surface area contributed by atoms with E-state index in [0.29, 0.717) is 5.92 Å². The average Bonchev–Trinajstić information content (AvgIpc) is 3.01. The van der Waals surface area contributed by atoms with Crippen molar-refractivity contribution in [1.82, 2.24) is 5.43 Å². The predicted octanol–water partition coefficient (Wildman–Crippen LogP) is 2.96. The van der Waals surface area contributed by atoms with Gasteiger partial charge in [0.2, 0.25) is 0 Å². The van der Waals surface area contributed by atoms with Crippen molar-refractivity contribution in [1.29, 1.82) is 0 Å². The van der Waals surface area contributed by atoms with Gasteiger partial charge in [-0.2, -0.15) is 5.10 Å². The molecule has 2 aliphatic carbocycles. The molecule has 2 saturated carbocycles. The Morgan fingerprint density at radius 2 is 2.41 bits per heavy atom. The number of carbonyl (C=O) groups is 1. The third-order valence-corrected chi connectivity index (χ3v) is 4.67. The topological polar surface area (TPSA) is 41.5 Å². The Kier molecular flexibility index (Phi) is 2.74. The van der Waals surface area contributed by atoms with E-state index in [-0.39, 0.29) is 5.91 Å². The summed E-state index contributed by atoms with van der Waals surface area (Å²) in [6, 6.07) is 1.90. The third kappa shape index (κ3) is 2.14. The lowest BCUT2D eigenvalue weighted by molar-refractivity contribution is 0.0955. The quantitative estimate of drug-likeness (QED) is 0.803. The summed E-state index contributed by atoms with van der Waals surface area (Å²) in [6.45, 7) is 2.00. The Morgan fingerprint density at radius 1 is 1.53 bits per heavy atom. The number of rotatable bonds is 2. The third-order valence-electron chi connectivity index (χ3n) is 3.80. The van der Waals surface area contributed by atoms with Crippen LogP contribution in [0.2, 0.25) is 0 Å². The van der Waals surface area contributed by atoms with E-state index in [2.05, 4.69) is 10.5 Å². The van der Waals surface area contributed by atoms with Gasteiger partial charge in [-0.25, -0.2) is 5.43 Å². The van der Waals surface area contributed by atoms with Gasteiger partial charge < -0.3 is 0 Å². The summed E-state index contributed by atoms with van der Waals surface area (Å²) in [5.74, 6) is 1.40. The summed E-state index contributed by atoms with van der Waals surface area (Å²) in [6.07, 6.45) is 4.98. The fourth-order valence-electron chi connectivity index (χ4n) is 2.91. The highest BCUT2D eigenvalue weighted by molar-refractivity contribution is 7.10. The molecule has 1 heterocycles. The van der Waals surface area contributed by atoms with E-state index in [1.165, 1.54) is 25.0 Å². The largest absolute Gasteiger partial charge is 0.272 e. The van der Waals surface area contributed by atoms with Gasteiger partial charge in [-0.05, 0) is 50.5 Å². The zero-order chi connectivity index (χ0) is 11.8. The Labute approximate surface area is 105 Å². The van der Waals surface area contributed by atoms with Crippen LogP contribution < -0.4 is 5.43 Å². The molecule has 4 heteroatoms. The predicted molar refractivity (Wildman–Crippen MR) is 69.4 cm³/mol. The number of nitrogens with one attached hydrogen (secondary N) is 1. The molecule has 90 valence electrons. The number of hydrogen-bond donors (Lipinski definition) is 1. The lowest BCUT2D eigenvalue weighted by Gasteiger charge is -2.11. The first-order valence-corrected chi connectivity index (χ1v) is 7.02. The zero-order valence-electron chi connectivity index (χ0n) is 9.90. The van der Waals surface area contributed by atoms with E-state index in [9.17, 15) is 4.79 Å². The Balaban J connectivity index is 1.64. The number of hydrogen-bond acceptors (Lipinski definition) is 3. The first-order chi connectivity index (χ1) is 8.22. The maximum absolute atomic E-state index is 11.8. The standard InChI is InChI=1S/C13H16N2OS/c1-8-4-11(7-17-8)13(16)15-14-12-6-9-2-3-10(12)5-9/h4,7,9-10H,2-3,5-6H2,1H3,(H,15,16)/b14-12+/t9-,10+/m1/s1. The molecule has 3 nitrogen and oxygen atoms in total. The van der Waals surface area contributed by atoms with Gasteiger partial charge in [0.1, 0.15) is 0 Å². The van der Waals surface area contributed by atoms with E-state index < -0.39 is 0 Å². The summed E-state index contributed by atoms with van der Waals surface area (Å²) >= 11 is 1.59. The molecule has 2 fully saturated rings. The summed E-state index contributed by atoms with van der Waals surface area (Å²) in [7, 11) is 0. The zero-order valence-corrected chi connectivity index (χ0v) is 10.7. The van der Waals surface area contributed by atoms with Gasteiger partial charge in [0.25, 0.3) is 5.91 Å². The lowest BCUT2D eigenvalue weighted by atomic mass is 9.99. The van der Waals surface area contributed by atoms with Crippen LogP contribution in [0.1, 0.15) is 40.9 Å². The Bertz CT molecular complexity index is 478. The molecule has 2 bridgehead atoms. The summed E-state index contributed by atoms with van der Waals surface area (Å²) in [5, 5.41) is 6.19.